The number of aryl methyl sites for hydroxylation is 2. The first-order valence-electron chi connectivity index (χ1n) is 8.58. The number of aromatic nitrogens is 1. The highest BCUT2D eigenvalue weighted by molar-refractivity contribution is 5.95. The molecule has 0 fully saturated rings. The van der Waals surface area contributed by atoms with E-state index in [0.717, 1.165) is 22.3 Å². The first-order valence-corrected chi connectivity index (χ1v) is 8.58. The quantitative estimate of drug-likeness (QED) is 0.738. The lowest BCUT2D eigenvalue weighted by Crippen LogP contribution is -2.30. The summed E-state index contributed by atoms with van der Waals surface area (Å²) in [5.74, 6) is -0.205. The molecule has 2 aromatic carbocycles. The molecule has 0 aliphatic rings. The molecule has 1 heterocycles. The summed E-state index contributed by atoms with van der Waals surface area (Å²) in [5, 5.41) is 12.6. The summed E-state index contributed by atoms with van der Waals surface area (Å²) < 4.78 is 0. The van der Waals surface area contributed by atoms with Crippen molar-refractivity contribution in [2.75, 3.05) is 6.61 Å². The van der Waals surface area contributed by atoms with Crippen molar-refractivity contribution in [2.45, 2.75) is 19.9 Å². The Morgan fingerprint density at radius 1 is 0.962 bits per heavy atom. The second kappa shape index (κ2) is 7.93. The average molecular weight is 346 g/mol. The van der Waals surface area contributed by atoms with Gasteiger partial charge in [-0.2, -0.15) is 0 Å². The Morgan fingerprint density at radius 2 is 1.62 bits per heavy atom. The number of rotatable bonds is 5. The molecule has 0 aliphatic heterocycles. The van der Waals surface area contributed by atoms with Gasteiger partial charge in [-0.25, -0.2) is 0 Å². The van der Waals surface area contributed by atoms with Crippen LogP contribution in [0, 0.1) is 13.8 Å². The molecule has 1 atom stereocenters. The molecule has 0 aliphatic carbocycles. The van der Waals surface area contributed by atoms with Crippen molar-refractivity contribution < 1.29 is 9.90 Å². The van der Waals surface area contributed by atoms with Gasteiger partial charge in [-0.05, 0) is 65.9 Å². The second-order valence-corrected chi connectivity index (χ2v) is 6.37. The average Bonchev–Trinajstić information content (AvgIpc) is 2.69. The van der Waals surface area contributed by atoms with Crippen LogP contribution < -0.4 is 5.32 Å². The minimum Gasteiger partial charge on any atom is -0.394 e. The number of pyridine rings is 1. The van der Waals surface area contributed by atoms with E-state index in [4.69, 9.17) is 0 Å². The molecule has 3 aromatic rings. The van der Waals surface area contributed by atoms with Crippen molar-refractivity contribution in [3.8, 4) is 11.1 Å². The fourth-order valence-corrected chi connectivity index (χ4v) is 2.82. The number of aliphatic hydroxyl groups excluding tert-OH is 1. The molecule has 0 saturated heterocycles. The smallest absolute Gasteiger partial charge is 0.251 e. The van der Waals surface area contributed by atoms with Gasteiger partial charge >= 0.3 is 0 Å². The zero-order valence-electron chi connectivity index (χ0n) is 14.9. The number of amides is 1. The maximum Gasteiger partial charge on any atom is 0.251 e. The molecule has 1 unspecified atom stereocenters. The summed E-state index contributed by atoms with van der Waals surface area (Å²) in [4.78, 5) is 16.6. The Balaban J connectivity index is 1.75. The van der Waals surface area contributed by atoms with Crippen molar-refractivity contribution in [3.63, 3.8) is 0 Å². The number of benzene rings is 2. The largest absolute Gasteiger partial charge is 0.394 e. The van der Waals surface area contributed by atoms with Crippen LogP contribution >= 0.6 is 0 Å². The van der Waals surface area contributed by atoms with Gasteiger partial charge in [0.05, 0.1) is 12.6 Å². The lowest BCUT2D eigenvalue weighted by molar-refractivity contribution is 0.0916. The fraction of sp³-hybridized carbons (Fsp3) is 0.182. The van der Waals surface area contributed by atoms with Crippen LogP contribution in [0.5, 0.6) is 0 Å². The SMILES string of the molecule is Cc1ccc(C(CO)NC(=O)c2ccc(-c3ccncc3)cc2)cc1C. The van der Waals surface area contributed by atoms with E-state index in [1.54, 1.807) is 24.5 Å². The van der Waals surface area contributed by atoms with Gasteiger partial charge in [0.25, 0.3) is 5.91 Å². The summed E-state index contributed by atoms with van der Waals surface area (Å²) in [6.07, 6.45) is 3.48. The van der Waals surface area contributed by atoms with E-state index < -0.39 is 6.04 Å². The Labute approximate surface area is 153 Å². The van der Waals surface area contributed by atoms with Crippen molar-refractivity contribution in [1.29, 1.82) is 0 Å². The zero-order valence-corrected chi connectivity index (χ0v) is 14.9. The van der Waals surface area contributed by atoms with Crippen molar-refractivity contribution >= 4 is 5.91 Å². The van der Waals surface area contributed by atoms with E-state index in [-0.39, 0.29) is 12.5 Å². The first kappa shape index (κ1) is 17.8. The summed E-state index contributed by atoms with van der Waals surface area (Å²) in [5.41, 5.74) is 5.86. The van der Waals surface area contributed by atoms with Gasteiger partial charge < -0.3 is 10.4 Å². The van der Waals surface area contributed by atoms with E-state index >= 15 is 0 Å². The summed E-state index contributed by atoms with van der Waals surface area (Å²) in [7, 11) is 0. The van der Waals surface area contributed by atoms with E-state index in [1.165, 1.54) is 5.56 Å². The highest BCUT2D eigenvalue weighted by Gasteiger charge is 2.15. The van der Waals surface area contributed by atoms with Crippen LogP contribution in [-0.4, -0.2) is 22.6 Å². The van der Waals surface area contributed by atoms with Gasteiger partial charge in [-0.1, -0.05) is 30.3 Å². The van der Waals surface area contributed by atoms with Gasteiger partial charge in [-0.3, -0.25) is 9.78 Å². The Bertz CT molecular complexity index is 890. The minimum absolute atomic E-state index is 0.149. The second-order valence-electron chi connectivity index (χ2n) is 6.37. The number of hydrogen-bond donors (Lipinski definition) is 2. The highest BCUT2D eigenvalue weighted by Crippen LogP contribution is 2.20. The Hall–Kier alpha value is -2.98. The molecule has 0 radical (unpaired) electrons. The van der Waals surface area contributed by atoms with Crippen LogP contribution in [0.4, 0.5) is 0 Å². The molecule has 0 spiro atoms. The normalized spacial score (nSPS) is 11.8. The van der Waals surface area contributed by atoms with Crippen molar-refractivity contribution in [3.05, 3.63) is 89.2 Å². The third-order valence-corrected chi connectivity index (χ3v) is 4.58. The van der Waals surface area contributed by atoms with E-state index in [9.17, 15) is 9.90 Å². The highest BCUT2D eigenvalue weighted by atomic mass is 16.3. The van der Waals surface area contributed by atoms with Crippen molar-refractivity contribution in [2.24, 2.45) is 0 Å². The number of carbonyl (C=O) groups excluding carboxylic acids is 1. The lowest BCUT2D eigenvalue weighted by atomic mass is 10.0. The molecule has 26 heavy (non-hydrogen) atoms. The van der Waals surface area contributed by atoms with Gasteiger partial charge in [0, 0.05) is 18.0 Å². The standard InChI is InChI=1S/C22H22N2O2/c1-15-3-4-20(13-16(15)2)21(14-25)24-22(26)19-7-5-17(6-8-19)18-9-11-23-12-10-18/h3-13,21,25H,14H2,1-2H3,(H,24,26). The zero-order chi connectivity index (χ0) is 18.5. The fourth-order valence-electron chi connectivity index (χ4n) is 2.82. The van der Waals surface area contributed by atoms with E-state index in [2.05, 4.69) is 10.3 Å². The van der Waals surface area contributed by atoms with E-state index in [0.29, 0.717) is 5.56 Å². The number of aliphatic hydroxyl groups is 1. The molecule has 0 saturated carbocycles. The number of carbonyl (C=O) groups is 1. The van der Waals surface area contributed by atoms with Crippen LogP contribution in [0.25, 0.3) is 11.1 Å². The molecule has 132 valence electrons. The maximum absolute atomic E-state index is 12.6. The molecule has 3 rings (SSSR count). The maximum atomic E-state index is 12.6. The first-order chi connectivity index (χ1) is 12.6. The molecular weight excluding hydrogens is 324 g/mol. The van der Waals surface area contributed by atoms with Crippen LogP contribution in [0.1, 0.15) is 33.1 Å². The minimum atomic E-state index is -0.429. The molecule has 4 nitrogen and oxygen atoms in total. The summed E-state index contributed by atoms with van der Waals surface area (Å²) in [6.45, 7) is 3.91. The third kappa shape index (κ3) is 3.98. The predicted octanol–water partition coefficient (Wildman–Crippen LogP) is 3.83. The van der Waals surface area contributed by atoms with Crippen molar-refractivity contribution in [1.82, 2.24) is 10.3 Å². The monoisotopic (exact) mass is 346 g/mol. The topological polar surface area (TPSA) is 62.2 Å². The van der Waals surface area contributed by atoms with Gasteiger partial charge in [0.1, 0.15) is 0 Å². The third-order valence-electron chi connectivity index (χ3n) is 4.58. The van der Waals surface area contributed by atoms with Gasteiger partial charge in [-0.15, -0.1) is 0 Å². The predicted molar refractivity (Wildman–Crippen MR) is 103 cm³/mol. The Kier molecular flexibility index (Phi) is 5.44. The molecule has 0 bridgehead atoms. The van der Waals surface area contributed by atoms with Crippen LogP contribution in [0.2, 0.25) is 0 Å². The summed E-state index contributed by atoms with van der Waals surface area (Å²) >= 11 is 0. The molecule has 1 aromatic heterocycles. The lowest BCUT2D eigenvalue weighted by Gasteiger charge is -2.18. The number of nitrogens with zero attached hydrogens (tertiary/aromatic N) is 1. The Morgan fingerprint density at radius 3 is 2.23 bits per heavy atom. The van der Waals surface area contributed by atoms with Gasteiger partial charge in [0.2, 0.25) is 0 Å². The van der Waals surface area contributed by atoms with Crippen LogP contribution in [0.15, 0.2) is 67.0 Å². The molecule has 2 N–H and O–H groups in total. The number of nitrogens with one attached hydrogen (secondary N) is 1. The molecule has 4 heteroatoms. The molecular formula is C22H22N2O2. The van der Waals surface area contributed by atoms with Crippen LogP contribution in [-0.2, 0) is 0 Å². The van der Waals surface area contributed by atoms with E-state index in [1.807, 2.05) is 56.3 Å². The summed E-state index contributed by atoms with van der Waals surface area (Å²) in [6, 6.07) is 16.8. The molecule has 1 amide bonds. The van der Waals surface area contributed by atoms with Gasteiger partial charge in [0.15, 0.2) is 0 Å². The van der Waals surface area contributed by atoms with Crippen LogP contribution in [0.3, 0.4) is 0 Å². The number of hydrogen-bond acceptors (Lipinski definition) is 3.